The van der Waals surface area contributed by atoms with Gasteiger partial charge in [-0.2, -0.15) is 0 Å². The summed E-state index contributed by atoms with van der Waals surface area (Å²) in [6, 6.07) is 7.43. The zero-order valence-corrected chi connectivity index (χ0v) is 9.78. The lowest BCUT2D eigenvalue weighted by atomic mass is 10.3. The van der Waals surface area contributed by atoms with Gasteiger partial charge in [-0.15, -0.1) is 0 Å². The van der Waals surface area contributed by atoms with Crippen LogP contribution in [-0.4, -0.2) is 9.97 Å². The molecular weight excluding hydrogens is 270 g/mol. The van der Waals surface area contributed by atoms with Gasteiger partial charge in [-0.1, -0.05) is 0 Å². The van der Waals surface area contributed by atoms with Crippen molar-refractivity contribution >= 4 is 32.7 Å². The second-order valence-corrected chi connectivity index (χ2v) is 4.19. The van der Waals surface area contributed by atoms with Crippen LogP contribution in [0.15, 0.2) is 39.6 Å². The van der Waals surface area contributed by atoms with E-state index in [-0.39, 0.29) is 0 Å². The van der Waals surface area contributed by atoms with Crippen LogP contribution in [0.3, 0.4) is 0 Å². The van der Waals surface area contributed by atoms with E-state index in [1.165, 1.54) is 0 Å². The molecule has 0 saturated heterocycles. The van der Waals surface area contributed by atoms with Crippen LogP contribution >= 0.6 is 15.9 Å². The highest BCUT2D eigenvalue weighted by molar-refractivity contribution is 9.10. The van der Waals surface area contributed by atoms with E-state index in [0.717, 1.165) is 22.4 Å². The molecule has 0 saturated carbocycles. The highest BCUT2D eigenvalue weighted by Crippen LogP contribution is 2.28. The summed E-state index contributed by atoms with van der Waals surface area (Å²) < 4.78 is 5.84. The van der Waals surface area contributed by atoms with Crippen LogP contribution in [0.25, 0.3) is 22.4 Å². The number of nitrogens with zero attached hydrogens (tertiary/aromatic N) is 1. The van der Waals surface area contributed by atoms with E-state index >= 15 is 0 Å². The van der Waals surface area contributed by atoms with E-state index in [4.69, 9.17) is 10.2 Å². The molecule has 3 N–H and O–H groups in total. The Balaban J connectivity index is 2.23. The maximum atomic E-state index is 5.71. The van der Waals surface area contributed by atoms with Gasteiger partial charge in [0.15, 0.2) is 4.67 Å². The molecule has 2 aromatic heterocycles. The van der Waals surface area contributed by atoms with Gasteiger partial charge in [-0.25, -0.2) is 4.98 Å². The number of halogens is 1. The van der Waals surface area contributed by atoms with Crippen molar-refractivity contribution in [1.29, 1.82) is 0 Å². The molecule has 16 heavy (non-hydrogen) atoms. The Morgan fingerprint density at radius 2 is 2.19 bits per heavy atom. The molecule has 80 valence electrons. The number of hydrogen-bond donors (Lipinski definition) is 2. The SMILES string of the molecule is Nc1ccc2nc(-c3ccoc3Br)[nH]c2c1. The van der Waals surface area contributed by atoms with Crippen LogP contribution in [0.5, 0.6) is 0 Å². The Morgan fingerprint density at radius 3 is 2.94 bits per heavy atom. The summed E-state index contributed by atoms with van der Waals surface area (Å²) in [5.41, 5.74) is 9.13. The minimum absolute atomic E-state index is 0.666. The van der Waals surface area contributed by atoms with Gasteiger partial charge in [-0.3, -0.25) is 0 Å². The van der Waals surface area contributed by atoms with Gasteiger partial charge in [-0.05, 0) is 40.2 Å². The zero-order valence-electron chi connectivity index (χ0n) is 8.20. The van der Waals surface area contributed by atoms with Crippen molar-refractivity contribution in [1.82, 2.24) is 9.97 Å². The first-order chi connectivity index (χ1) is 7.74. The molecule has 5 heteroatoms. The van der Waals surface area contributed by atoms with Crippen molar-refractivity contribution in [3.05, 3.63) is 35.2 Å². The van der Waals surface area contributed by atoms with Gasteiger partial charge in [0.25, 0.3) is 0 Å². The highest BCUT2D eigenvalue weighted by atomic mass is 79.9. The second kappa shape index (κ2) is 3.38. The summed E-state index contributed by atoms with van der Waals surface area (Å²) in [6.45, 7) is 0. The largest absolute Gasteiger partial charge is 0.457 e. The predicted octanol–water partition coefficient (Wildman–Crippen LogP) is 3.17. The van der Waals surface area contributed by atoms with Gasteiger partial charge >= 0.3 is 0 Å². The molecule has 0 fully saturated rings. The minimum atomic E-state index is 0.666. The Morgan fingerprint density at radius 1 is 1.31 bits per heavy atom. The Bertz CT molecular complexity index is 656. The maximum Gasteiger partial charge on any atom is 0.179 e. The molecule has 0 amide bonds. The van der Waals surface area contributed by atoms with Crippen molar-refractivity contribution in [2.75, 3.05) is 5.73 Å². The van der Waals surface area contributed by atoms with Crippen molar-refractivity contribution in [2.45, 2.75) is 0 Å². The van der Waals surface area contributed by atoms with Gasteiger partial charge in [0.2, 0.25) is 0 Å². The molecule has 0 unspecified atom stereocenters. The fourth-order valence-corrected chi connectivity index (χ4v) is 2.05. The van der Waals surface area contributed by atoms with Crippen molar-refractivity contribution < 1.29 is 4.42 Å². The summed E-state index contributed by atoms with van der Waals surface area (Å²) >= 11 is 3.32. The number of imidazole rings is 1. The number of fused-ring (bicyclic) bond motifs is 1. The van der Waals surface area contributed by atoms with Crippen LogP contribution in [-0.2, 0) is 0 Å². The molecule has 0 atom stereocenters. The first kappa shape index (κ1) is 9.47. The standard InChI is InChI=1S/C11H8BrN3O/c12-10-7(3-4-16-10)11-14-8-2-1-6(13)5-9(8)15-11/h1-5H,13H2,(H,14,15). The Labute approximate surface area is 99.6 Å². The lowest BCUT2D eigenvalue weighted by Gasteiger charge is -1.90. The first-order valence-electron chi connectivity index (χ1n) is 4.72. The molecule has 0 aliphatic heterocycles. The highest BCUT2D eigenvalue weighted by Gasteiger charge is 2.10. The van der Waals surface area contributed by atoms with E-state index in [0.29, 0.717) is 10.4 Å². The second-order valence-electron chi connectivity index (χ2n) is 3.47. The minimum Gasteiger partial charge on any atom is -0.457 e. The third kappa shape index (κ3) is 1.40. The van der Waals surface area contributed by atoms with E-state index in [9.17, 15) is 0 Å². The number of aromatic amines is 1. The molecule has 4 nitrogen and oxygen atoms in total. The molecular formula is C11H8BrN3O. The van der Waals surface area contributed by atoms with E-state index in [2.05, 4.69) is 25.9 Å². The molecule has 1 aromatic carbocycles. The zero-order chi connectivity index (χ0) is 11.1. The smallest absolute Gasteiger partial charge is 0.179 e. The summed E-state index contributed by atoms with van der Waals surface area (Å²) in [5.74, 6) is 0.765. The number of rotatable bonds is 1. The van der Waals surface area contributed by atoms with Crippen molar-refractivity contribution in [3.63, 3.8) is 0 Å². The molecule has 2 heterocycles. The van der Waals surface area contributed by atoms with Crippen molar-refractivity contribution in [2.24, 2.45) is 0 Å². The number of furan rings is 1. The summed E-state index contributed by atoms with van der Waals surface area (Å²) in [4.78, 5) is 7.65. The Hall–Kier alpha value is -1.75. The molecule has 3 rings (SSSR count). The average molecular weight is 278 g/mol. The topological polar surface area (TPSA) is 67.8 Å². The number of hydrogen-bond acceptors (Lipinski definition) is 3. The van der Waals surface area contributed by atoms with Gasteiger partial charge in [0.05, 0.1) is 22.9 Å². The molecule has 0 spiro atoms. The maximum absolute atomic E-state index is 5.71. The number of nitrogen functional groups attached to an aromatic ring is 1. The number of nitrogens with two attached hydrogens (primary N) is 1. The molecule has 3 aromatic rings. The van der Waals surface area contributed by atoms with Crippen LogP contribution in [0.4, 0.5) is 5.69 Å². The molecule has 0 aliphatic rings. The molecule has 0 radical (unpaired) electrons. The monoisotopic (exact) mass is 277 g/mol. The quantitative estimate of drug-likeness (QED) is 0.672. The Kier molecular flexibility index (Phi) is 2.00. The number of nitrogens with one attached hydrogen (secondary N) is 1. The lowest BCUT2D eigenvalue weighted by Crippen LogP contribution is -1.82. The van der Waals surface area contributed by atoms with Gasteiger partial charge < -0.3 is 15.1 Å². The third-order valence-corrected chi connectivity index (χ3v) is 2.99. The van der Waals surface area contributed by atoms with E-state index < -0.39 is 0 Å². The molecule has 0 bridgehead atoms. The number of aromatic nitrogens is 2. The van der Waals surface area contributed by atoms with Crippen LogP contribution in [0.2, 0.25) is 0 Å². The van der Waals surface area contributed by atoms with Crippen LogP contribution in [0, 0.1) is 0 Å². The fourth-order valence-electron chi connectivity index (χ4n) is 1.62. The first-order valence-corrected chi connectivity index (χ1v) is 5.52. The van der Waals surface area contributed by atoms with E-state index in [1.54, 1.807) is 6.26 Å². The fraction of sp³-hybridized carbons (Fsp3) is 0. The normalized spacial score (nSPS) is 11.1. The van der Waals surface area contributed by atoms with Gasteiger partial charge in [0.1, 0.15) is 5.82 Å². The summed E-state index contributed by atoms with van der Waals surface area (Å²) in [6.07, 6.45) is 1.61. The number of benzene rings is 1. The van der Waals surface area contributed by atoms with Crippen molar-refractivity contribution in [3.8, 4) is 11.4 Å². The molecule has 0 aliphatic carbocycles. The lowest BCUT2D eigenvalue weighted by molar-refractivity contribution is 0.542. The van der Waals surface area contributed by atoms with Gasteiger partial charge in [0, 0.05) is 5.69 Å². The summed E-state index contributed by atoms with van der Waals surface area (Å²) in [5, 5.41) is 0. The van der Waals surface area contributed by atoms with Crippen LogP contribution in [0.1, 0.15) is 0 Å². The summed E-state index contributed by atoms with van der Waals surface area (Å²) in [7, 11) is 0. The number of anilines is 1. The number of H-pyrrole nitrogens is 1. The predicted molar refractivity (Wildman–Crippen MR) is 65.9 cm³/mol. The third-order valence-electron chi connectivity index (χ3n) is 2.38. The van der Waals surface area contributed by atoms with E-state index in [1.807, 2.05) is 24.3 Å². The van der Waals surface area contributed by atoms with Crippen LogP contribution < -0.4 is 5.73 Å². The average Bonchev–Trinajstić information content (AvgIpc) is 2.82.